The van der Waals surface area contributed by atoms with Crippen LogP contribution in [0.5, 0.6) is 17.2 Å². The maximum Gasteiger partial charge on any atom is 0.300 e. The lowest BCUT2D eigenvalue weighted by atomic mass is 9.94. The van der Waals surface area contributed by atoms with Crippen LogP contribution < -0.4 is 19.1 Å². The lowest BCUT2D eigenvalue weighted by Gasteiger charge is -2.26. The number of aliphatic hydroxyl groups excluding tert-OH is 1. The fourth-order valence-electron chi connectivity index (χ4n) is 4.17. The largest absolute Gasteiger partial charge is 0.507 e. The zero-order valence-electron chi connectivity index (χ0n) is 20.3. The average Bonchev–Trinajstić information content (AvgIpc) is 3.14. The number of aliphatic hydroxyl groups is 1. The predicted molar refractivity (Wildman–Crippen MR) is 133 cm³/mol. The zero-order valence-corrected chi connectivity index (χ0v) is 20.3. The van der Waals surface area contributed by atoms with Gasteiger partial charge in [-0.15, -0.1) is 0 Å². The Labute approximate surface area is 208 Å². The minimum absolute atomic E-state index is 0.0324. The highest BCUT2D eigenvalue weighted by Crippen LogP contribution is 2.44. The second kappa shape index (κ2) is 10.1. The van der Waals surface area contributed by atoms with Gasteiger partial charge in [0.25, 0.3) is 11.7 Å². The van der Waals surface area contributed by atoms with Crippen LogP contribution in [0.2, 0.25) is 0 Å². The number of carbonyl (C=O) groups excluding carboxylic acids is 2. The molecule has 1 fully saturated rings. The fourth-order valence-corrected chi connectivity index (χ4v) is 4.17. The van der Waals surface area contributed by atoms with E-state index >= 15 is 0 Å². The molecule has 0 aromatic heterocycles. The molecular formula is C28H26FNO6. The topological polar surface area (TPSA) is 85.3 Å². The van der Waals surface area contributed by atoms with Crippen molar-refractivity contribution in [1.82, 2.24) is 0 Å². The van der Waals surface area contributed by atoms with E-state index in [-0.39, 0.29) is 23.0 Å². The highest BCUT2D eigenvalue weighted by atomic mass is 19.1. The molecular weight excluding hydrogens is 465 g/mol. The number of hydrogen-bond acceptors (Lipinski definition) is 6. The Morgan fingerprint density at radius 1 is 0.917 bits per heavy atom. The third kappa shape index (κ3) is 4.62. The van der Waals surface area contributed by atoms with Gasteiger partial charge in [0.05, 0.1) is 37.5 Å². The molecule has 1 atom stereocenters. The van der Waals surface area contributed by atoms with Crippen LogP contribution in [0.3, 0.4) is 0 Å². The van der Waals surface area contributed by atoms with E-state index in [0.29, 0.717) is 22.7 Å². The van der Waals surface area contributed by atoms with Crippen LogP contribution >= 0.6 is 0 Å². The summed E-state index contributed by atoms with van der Waals surface area (Å²) >= 11 is 0. The first-order valence-corrected chi connectivity index (χ1v) is 11.3. The van der Waals surface area contributed by atoms with E-state index in [1.807, 2.05) is 13.8 Å². The van der Waals surface area contributed by atoms with Crippen molar-refractivity contribution in [2.75, 3.05) is 19.1 Å². The van der Waals surface area contributed by atoms with Crippen molar-refractivity contribution in [2.45, 2.75) is 26.0 Å². The highest BCUT2D eigenvalue weighted by molar-refractivity contribution is 6.51. The number of amides is 1. The molecule has 0 bridgehead atoms. The average molecular weight is 492 g/mol. The van der Waals surface area contributed by atoms with Crippen LogP contribution in [-0.2, 0) is 9.59 Å². The molecule has 1 N–H and O–H groups in total. The third-order valence-corrected chi connectivity index (χ3v) is 5.78. The minimum Gasteiger partial charge on any atom is -0.507 e. The molecule has 1 heterocycles. The van der Waals surface area contributed by atoms with Gasteiger partial charge in [-0.05, 0) is 74.0 Å². The summed E-state index contributed by atoms with van der Waals surface area (Å²) < 4.78 is 30.3. The predicted octanol–water partition coefficient (Wildman–Crippen LogP) is 5.26. The molecule has 8 heteroatoms. The summed E-state index contributed by atoms with van der Waals surface area (Å²) in [6.07, 6.45) is -0.0405. The molecule has 1 amide bonds. The molecule has 7 nitrogen and oxygen atoms in total. The molecule has 0 aliphatic carbocycles. The Bertz CT molecular complexity index is 1310. The van der Waals surface area contributed by atoms with Crippen molar-refractivity contribution < 1.29 is 33.3 Å². The van der Waals surface area contributed by atoms with Crippen LogP contribution in [0.15, 0.2) is 72.3 Å². The van der Waals surface area contributed by atoms with E-state index in [2.05, 4.69) is 0 Å². The number of methoxy groups -OCH3 is 2. The van der Waals surface area contributed by atoms with Crippen LogP contribution in [0.1, 0.15) is 31.0 Å². The smallest absolute Gasteiger partial charge is 0.300 e. The summed E-state index contributed by atoms with van der Waals surface area (Å²) in [6.45, 7) is 3.80. The molecule has 1 aliphatic heterocycles. The first-order chi connectivity index (χ1) is 17.2. The van der Waals surface area contributed by atoms with Gasteiger partial charge < -0.3 is 19.3 Å². The number of anilines is 1. The molecule has 4 rings (SSSR count). The quantitative estimate of drug-likeness (QED) is 0.276. The number of ether oxygens (including phenoxy) is 3. The number of benzene rings is 3. The van der Waals surface area contributed by atoms with Crippen molar-refractivity contribution >= 4 is 23.1 Å². The maximum absolute atomic E-state index is 14.1. The molecule has 1 unspecified atom stereocenters. The van der Waals surface area contributed by atoms with E-state index in [0.717, 1.165) is 6.07 Å². The van der Waals surface area contributed by atoms with Gasteiger partial charge in [-0.2, -0.15) is 0 Å². The molecule has 3 aromatic rings. The van der Waals surface area contributed by atoms with E-state index < -0.39 is 29.3 Å². The normalized spacial score (nSPS) is 16.9. The summed E-state index contributed by atoms with van der Waals surface area (Å²) in [4.78, 5) is 27.9. The second-order valence-corrected chi connectivity index (χ2v) is 8.45. The lowest BCUT2D eigenvalue weighted by molar-refractivity contribution is -0.132. The van der Waals surface area contributed by atoms with Crippen LogP contribution in [0.25, 0.3) is 5.76 Å². The SMILES string of the molecule is COc1ccc(N2C(=O)C(=O)/C(=C(/O)c3cc(F)ccc3OC)C2c2ccc(OC(C)C)cc2)cc1. The van der Waals surface area contributed by atoms with Crippen molar-refractivity contribution in [3.8, 4) is 17.2 Å². The first kappa shape index (κ1) is 24.8. The van der Waals surface area contributed by atoms with Gasteiger partial charge in [-0.3, -0.25) is 14.5 Å². The molecule has 3 aromatic carbocycles. The van der Waals surface area contributed by atoms with Crippen LogP contribution in [0, 0.1) is 5.82 Å². The van der Waals surface area contributed by atoms with Crippen molar-refractivity contribution in [1.29, 1.82) is 0 Å². The number of Topliss-reactive ketones (excluding diaryl/α,β-unsaturated/α-hetero) is 1. The number of hydrogen-bond donors (Lipinski definition) is 1. The fraction of sp³-hybridized carbons (Fsp3) is 0.214. The van der Waals surface area contributed by atoms with E-state index in [1.165, 1.54) is 31.3 Å². The van der Waals surface area contributed by atoms with Crippen molar-refractivity contribution in [3.05, 3.63) is 89.2 Å². The Hall–Kier alpha value is -4.33. The number of nitrogens with zero attached hydrogens (tertiary/aromatic N) is 1. The van der Waals surface area contributed by atoms with Gasteiger partial charge in [-0.1, -0.05) is 12.1 Å². The monoisotopic (exact) mass is 491 g/mol. The second-order valence-electron chi connectivity index (χ2n) is 8.45. The van der Waals surface area contributed by atoms with Crippen LogP contribution in [-0.4, -0.2) is 37.1 Å². The van der Waals surface area contributed by atoms with E-state index in [4.69, 9.17) is 14.2 Å². The van der Waals surface area contributed by atoms with Gasteiger partial charge in [0.15, 0.2) is 0 Å². The molecule has 1 aliphatic rings. The van der Waals surface area contributed by atoms with E-state index in [1.54, 1.807) is 48.5 Å². The molecule has 0 saturated carbocycles. The Morgan fingerprint density at radius 2 is 1.56 bits per heavy atom. The van der Waals surface area contributed by atoms with Gasteiger partial charge in [0.2, 0.25) is 0 Å². The number of ketones is 1. The summed E-state index contributed by atoms with van der Waals surface area (Å²) in [5.74, 6) is -1.55. The highest BCUT2D eigenvalue weighted by Gasteiger charge is 2.47. The summed E-state index contributed by atoms with van der Waals surface area (Å²) in [7, 11) is 2.89. The maximum atomic E-state index is 14.1. The van der Waals surface area contributed by atoms with Crippen LogP contribution in [0.4, 0.5) is 10.1 Å². The Morgan fingerprint density at radius 3 is 2.14 bits per heavy atom. The third-order valence-electron chi connectivity index (χ3n) is 5.78. The Kier molecular flexibility index (Phi) is 6.96. The summed E-state index contributed by atoms with van der Waals surface area (Å²) in [5, 5.41) is 11.3. The van der Waals surface area contributed by atoms with Crippen molar-refractivity contribution in [3.63, 3.8) is 0 Å². The standard InChI is InChI=1S/C28H26FNO6/c1-16(2)36-21-10-5-17(6-11-21)25-24(26(31)22-15-18(29)7-14-23(22)35-4)27(32)28(33)30(25)19-8-12-20(34-3)13-9-19/h5-16,25,31H,1-4H3/b26-24+. The van der Waals surface area contributed by atoms with Gasteiger partial charge >= 0.3 is 0 Å². The van der Waals surface area contributed by atoms with E-state index in [9.17, 15) is 19.1 Å². The van der Waals surface area contributed by atoms with Gasteiger partial charge in [0.1, 0.15) is 28.8 Å². The molecule has 0 radical (unpaired) electrons. The molecule has 36 heavy (non-hydrogen) atoms. The summed E-state index contributed by atoms with van der Waals surface area (Å²) in [5.41, 5.74) is 0.765. The van der Waals surface area contributed by atoms with Crippen molar-refractivity contribution in [2.24, 2.45) is 0 Å². The summed E-state index contributed by atoms with van der Waals surface area (Å²) in [6, 6.07) is 16.1. The Balaban J connectivity index is 1.92. The van der Waals surface area contributed by atoms with Gasteiger partial charge in [-0.25, -0.2) is 4.39 Å². The number of halogens is 1. The lowest BCUT2D eigenvalue weighted by Crippen LogP contribution is -2.29. The zero-order chi connectivity index (χ0) is 26.0. The first-order valence-electron chi connectivity index (χ1n) is 11.3. The minimum atomic E-state index is -0.987. The van der Waals surface area contributed by atoms with Gasteiger partial charge in [0, 0.05) is 5.69 Å². The molecule has 0 spiro atoms. The number of rotatable bonds is 7. The molecule has 186 valence electrons. The number of carbonyl (C=O) groups is 2. The molecule has 1 saturated heterocycles.